The fourth-order valence-electron chi connectivity index (χ4n) is 2.31. The van der Waals surface area contributed by atoms with E-state index in [1.54, 1.807) is 6.92 Å². The summed E-state index contributed by atoms with van der Waals surface area (Å²) in [5.74, 6) is -0.212. The van der Waals surface area contributed by atoms with E-state index in [-0.39, 0.29) is 5.82 Å². The Labute approximate surface area is 121 Å². The van der Waals surface area contributed by atoms with Crippen molar-refractivity contribution in [3.8, 4) is 0 Å². The number of nitrogens with one attached hydrogen (secondary N) is 1. The van der Waals surface area contributed by atoms with Gasteiger partial charge in [-0.25, -0.2) is 4.39 Å². The molecule has 3 rings (SSSR count). The molecule has 0 spiro atoms. The topological polar surface area (TPSA) is 20.7 Å². The third-order valence-electron chi connectivity index (χ3n) is 3.52. The first-order valence-corrected chi connectivity index (χ1v) is 6.89. The lowest BCUT2D eigenvalue weighted by atomic mass is 10.1. The first-order chi connectivity index (χ1) is 9.54. The summed E-state index contributed by atoms with van der Waals surface area (Å²) in [7, 11) is 0. The highest BCUT2D eigenvalue weighted by atomic mass is 32.1. The molecule has 20 heavy (non-hydrogen) atoms. The average molecular weight is 286 g/mol. The van der Waals surface area contributed by atoms with E-state index >= 15 is 0 Å². The lowest BCUT2D eigenvalue weighted by Crippen LogP contribution is -2.00. The largest absolute Gasteiger partial charge is 0.330 e. The van der Waals surface area contributed by atoms with Crippen LogP contribution >= 0.6 is 12.2 Å². The Morgan fingerprint density at radius 3 is 2.55 bits per heavy atom. The van der Waals surface area contributed by atoms with Crippen molar-refractivity contribution >= 4 is 23.3 Å². The van der Waals surface area contributed by atoms with Crippen molar-refractivity contribution in [2.24, 2.45) is 0 Å². The fraction of sp³-hybridized carbons (Fsp3) is 0.188. The second-order valence-corrected chi connectivity index (χ2v) is 5.51. The van der Waals surface area contributed by atoms with Crippen molar-refractivity contribution in [1.29, 1.82) is 0 Å². The molecule has 0 aliphatic carbocycles. The number of aryl methyl sites for hydroxylation is 2. The van der Waals surface area contributed by atoms with Crippen LogP contribution in [-0.2, 0) is 6.54 Å². The highest BCUT2D eigenvalue weighted by Gasteiger charge is 2.08. The predicted octanol–water partition coefficient (Wildman–Crippen LogP) is 4.50. The molecule has 0 radical (unpaired) electrons. The molecule has 102 valence electrons. The summed E-state index contributed by atoms with van der Waals surface area (Å²) in [4.78, 5) is 3.06. The monoisotopic (exact) mass is 286 g/mol. The summed E-state index contributed by atoms with van der Waals surface area (Å²) in [6.45, 7) is 4.51. The molecule has 3 aromatic rings. The van der Waals surface area contributed by atoms with Crippen molar-refractivity contribution in [2.45, 2.75) is 20.4 Å². The molecule has 0 bridgehead atoms. The number of aromatic nitrogens is 2. The zero-order chi connectivity index (χ0) is 14.3. The van der Waals surface area contributed by atoms with E-state index in [2.05, 4.69) is 36.2 Å². The maximum atomic E-state index is 13.6. The Morgan fingerprint density at radius 1 is 1.15 bits per heavy atom. The van der Waals surface area contributed by atoms with Crippen molar-refractivity contribution < 1.29 is 4.39 Å². The van der Waals surface area contributed by atoms with Crippen LogP contribution in [0.5, 0.6) is 0 Å². The van der Waals surface area contributed by atoms with Crippen LogP contribution in [0.25, 0.3) is 11.0 Å². The Morgan fingerprint density at radius 2 is 1.85 bits per heavy atom. The Bertz CT molecular complexity index is 828. The maximum absolute atomic E-state index is 13.6. The number of aromatic amines is 1. The smallest absolute Gasteiger partial charge is 0.178 e. The molecule has 0 aliphatic rings. The number of rotatable bonds is 2. The molecule has 0 saturated heterocycles. The number of imidazole rings is 1. The second-order valence-electron chi connectivity index (χ2n) is 5.12. The van der Waals surface area contributed by atoms with Crippen LogP contribution in [0.2, 0.25) is 0 Å². The molecule has 2 aromatic carbocycles. The molecule has 0 saturated carbocycles. The molecule has 0 atom stereocenters. The number of nitrogens with zero attached hydrogens (tertiary/aromatic N) is 1. The molecule has 1 aromatic heterocycles. The SMILES string of the molecule is Cc1ccc(Cn2c(=S)[nH]c3cc(F)c(C)cc32)cc1. The number of fused-ring (bicyclic) bond motifs is 1. The van der Waals surface area contributed by atoms with Gasteiger partial charge in [-0.3, -0.25) is 0 Å². The minimum Gasteiger partial charge on any atom is -0.330 e. The van der Waals surface area contributed by atoms with Crippen molar-refractivity contribution in [3.63, 3.8) is 0 Å². The first-order valence-electron chi connectivity index (χ1n) is 6.49. The van der Waals surface area contributed by atoms with E-state index in [0.717, 1.165) is 11.0 Å². The van der Waals surface area contributed by atoms with Crippen LogP contribution in [0.15, 0.2) is 36.4 Å². The first kappa shape index (κ1) is 13.1. The number of hydrogen-bond donors (Lipinski definition) is 1. The van der Waals surface area contributed by atoms with E-state index in [1.165, 1.54) is 17.2 Å². The third-order valence-corrected chi connectivity index (χ3v) is 3.84. The fourth-order valence-corrected chi connectivity index (χ4v) is 2.59. The van der Waals surface area contributed by atoms with Gasteiger partial charge in [-0.1, -0.05) is 29.8 Å². The number of benzene rings is 2. The molecule has 4 heteroatoms. The molecular weight excluding hydrogens is 271 g/mol. The van der Waals surface area contributed by atoms with E-state index < -0.39 is 0 Å². The Kier molecular flexibility index (Phi) is 3.18. The number of halogens is 1. The molecule has 0 amide bonds. The quantitative estimate of drug-likeness (QED) is 0.688. The van der Waals surface area contributed by atoms with Crippen LogP contribution in [0, 0.1) is 24.4 Å². The normalized spacial score (nSPS) is 11.2. The van der Waals surface area contributed by atoms with Crippen LogP contribution < -0.4 is 0 Å². The summed E-state index contributed by atoms with van der Waals surface area (Å²) >= 11 is 5.35. The van der Waals surface area contributed by atoms with Gasteiger partial charge in [0, 0.05) is 0 Å². The summed E-state index contributed by atoms with van der Waals surface area (Å²) in [5, 5.41) is 0. The van der Waals surface area contributed by atoms with Crippen molar-refractivity contribution in [1.82, 2.24) is 9.55 Å². The predicted molar refractivity (Wildman–Crippen MR) is 82.1 cm³/mol. The van der Waals surface area contributed by atoms with Gasteiger partial charge in [0.1, 0.15) is 5.82 Å². The van der Waals surface area contributed by atoms with Gasteiger partial charge in [0.2, 0.25) is 0 Å². The number of H-pyrrole nitrogens is 1. The zero-order valence-corrected chi connectivity index (χ0v) is 12.2. The van der Waals surface area contributed by atoms with Crippen LogP contribution in [-0.4, -0.2) is 9.55 Å². The molecule has 1 N–H and O–H groups in total. The van der Waals surface area contributed by atoms with E-state index in [0.29, 0.717) is 16.9 Å². The van der Waals surface area contributed by atoms with Crippen LogP contribution in [0.1, 0.15) is 16.7 Å². The van der Waals surface area contributed by atoms with Gasteiger partial charge in [-0.05, 0) is 49.3 Å². The average Bonchev–Trinajstić information content (AvgIpc) is 2.69. The highest BCUT2D eigenvalue weighted by Crippen LogP contribution is 2.20. The second kappa shape index (κ2) is 4.87. The summed E-state index contributed by atoms with van der Waals surface area (Å²) < 4.78 is 16.2. The van der Waals surface area contributed by atoms with Gasteiger partial charge < -0.3 is 9.55 Å². The van der Waals surface area contributed by atoms with E-state index in [4.69, 9.17) is 12.2 Å². The molecule has 0 aliphatic heterocycles. The standard InChI is InChI=1S/C16H15FN2S/c1-10-3-5-12(6-4-10)9-19-15-7-11(2)13(17)8-14(15)18-16(19)20/h3-8H,9H2,1-2H3,(H,18,20). The summed E-state index contributed by atoms with van der Waals surface area (Å²) in [6.07, 6.45) is 0. The third kappa shape index (κ3) is 2.27. The van der Waals surface area contributed by atoms with Crippen molar-refractivity contribution in [2.75, 3.05) is 0 Å². The minimum atomic E-state index is -0.212. The van der Waals surface area contributed by atoms with Gasteiger partial charge in [0.25, 0.3) is 0 Å². The number of hydrogen-bond acceptors (Lipinski definition) is 1. The van der Waals surface area contributed by atoms with Gasteiger partial charge in [0.15, 0.2) is 4.77 Å². The lowest BCUT2D eigenvalue weighted by molar-refractivity contribution is 0.620. The van der Waals surface area contributed by atoms with Gasteiger partial charge in [-0.15, -0.1) is 0 Å². The molecule has 2 nitrogen and oxygen atoms in total. The highest BCUT2D eigenvalue weighted by molar-refractivity contribution is 7.71. The van der Waals surface area contributed by atoms with Crippen LogP contribution in [0.3, 0.4) is 0 Å². The molecule has 1 heterocycles. The minimum absolute atomic E-state index is 0.212. The Balaban J connectivity index is 2.11. The lowest BCUT2D eigenvalue weighted by Gasteiger charge is -2.06. The van der Waals surface area contributed by atoms with Gasteiger partial charge in [-0.2, -0.15) is 0 Å². The summed E-state index contributed by atoms with van der Waals surface area (Å²) in [6, 6.07) is 11.7. The summed E-state index contributed by atoms with van der Waals surface area (Å²) in [5.41, 5.74) is 4.72. The van der Waals surface area contributed by atoms with Crippen LogP contribution in [0.4, 0.5) is 4.39 Å². The Hall–Kier alpha value is -1.94. The van der Waals surface area contributed by atoms with Gasteiger partial charge in [0.05, 0.1) is 17.6 Å². The van der Waals surface area contributed by atoms with Gasteiger partial charge >= 0.3 is 0 Å². The van der Waals surface area contributed by atoms with E-state index in [1.807, 2.05) is 10.6 Å². The zero-order valence-electron chi connectivity index (χ0n) is 11.4. The van der Waals surface area contributed by atoms with E-state index in [9.17, 15) is 4.39 Å². The van der Waals surface area contributed by atoms with Crippen molar-refractivity contribution in [3.05, 3.63) is 63.7 Å². The molecule has 0 unspecified atom stereocenters. The molecular formula is C16H15FN2S. The maximum Gasteiger partial charge on any atom is 0.178 e. The molecule has 0 fully saturated rings.